The number of nitriles is 1. The van der Waals surface area contributed by atoms with Crippen molar-refractivity contribution < 1.29 is 13.9 Å². The van der Waals surface area contributed by atoms with Crippen molar-refractivity contribution in [1.82, 2.24) is 9.88 Å². The number of hydrogen-bond acceptors (Lipinski definition) is 4. The molecule has 0 spiro atoms. The zero-order valence-corrected chi connectivity index (χ0v) is 11.8. The molecule has 6 heteroatoms. The highest BCUT2D eigenvalue weighted by Crippen LogP contribution is 2.40. The fourth-order valence-corrected chi connectivity index (χ4v) is 2.63. The van der Waals surface area contributed by atoms with Crippen molar-refractivity contribution in [1.29, 1.82) is 5.26 Å². The maximum absolute atomic E-state index is 14.1. The lowest BCUT2D eigenvalue weighted by molar-refractivity contribution is 0.0741. The Labute approximate surface area is 126 Å². The van der Waals surface area contributed by atoms with Crippen LogP contribution in [0.2, 0.25) is 0 Å². The third-order valence-electron chi connectivity index (χ3n) is 3.66. The number of pyridine rings is 1. The molecule has 5 nitrogen and oxygen atoms in total. The van der Waals surface area contributed by atoms with E-state index >= 15 is 0 Å². The van der Waals surface area contributed by atoms with Crippen LogP contribution in [0.5, 0.6) is 5.75 Å². The molecule has 22 heavy (non-hydrogen) atoms. The lowest BCUT2D eigenvalue weighted by Crippen LogP contribution is -2.27. The lowest BCUT2D eigenvalue weighted by atomic mass is 10.0. The average Bonchev–Trinajstić information content (AvgIpc) is 2.83. The van der Waals surface area contributed by atoms with Crippen LogP contribution in [0.25, 0.3) is 0 Å². The van der Waals surface area contributed by atoms with E-state index in [4.69, 9.17) is 4.74 Å². The summed E-state index contributed by atoms with van der Waals surface area (Å²) in [5, 5.41) is 9.40. The SMILES string of the molecule is COc1ccc(F)c2c1C(=O)N(Cc1ccncc1)C2C#N. The van der Waals surface area contributed by atoms with E-state index in [1.807, 2.05) is 6.07 Å². The van der Waals surface area contributed by atoms with Crippen molar-refractivity contribution in [2.24, 2.45) is 0 Å². The molecule has 2 heterocycles. The number of carbonyl (C=O) groups excluding carboxylic acids is 1. The third kappa shape index (κ3) is 2.07. The molecule has 0 saturated carbocycles. The van der Waals surface area contributed by atoms with Gasteiger partial charge in [0.05, 0.1) is 18.7 Å². The topological polar surface area (TPSA) is 66.2 Å². The van der Waals surface area contributed by atoms with Crippen LogP contribution in [0.4, 0.5) is 4.39 Å². The summed E-state index contributed by atoms with van der Waals surface area (Å²) in [5.41, 5.74) is 1.03. The van der Waals surface area contributed by atoms with Gasteiger partial charge in [-0.3, -0.25) is 9.78 Å². The van der Waals surface area contributed by atoms with Gasteiger partial charge in [-0.2, -0.15) is 5.26 Å². The van der Waals surface area contributed by atoms with E-state index < -0.39 is 17.8 Å². The molecule has 3 rings (SSSR count). The molecule has 1 atom stereocenters. The van der Waals surface area contributed by atoms with E-state index in [9.17, 15) is 14.4 Å². The second-order valence-corrected chi connectivity index (χ2v) is 4.86. The van der Waals surface area contributed by atoms with E-state index in [1.165, 1.54) is 24.1 Å². The molecule has 0 N–H and O–H groups in total. The molecule has 1 aromatic carbocycles. The Morgan fingerprint density at radius 1 is 1.36 bits per heavy atom. The van der Waals surface area contributed by atoms with Crippen LogP contribution in [0.1, 0.15) is 27.5 Å². The minimum absolute atomic E-state index is 0.0842. The zero-order chi connectivity index (χ0) is 15.7. The molecule has 0 radical (unpaired) electrons. The fourth-order valence-electron chi connectivity index (χ4n) is 2.63. The number of aromatic nitrogens is 1. The summed E-state index contributed by atoms with van der Waals surface area (Å²) in [5.74, 6) is -0.707. The number of benzene rings is 1. The lowest BCUT2D eigenvalue weighted by Gasteiger charge is -2.20. The van der Waals surface area contributed by atoms with Crippen molar-refractivity contribution >= 4 is 5.91 Å². The number of rotatable bonds is 3. The van der Waals surface area contributed by atoms with Gasteiger partial charge in [0.15, 0.2) is 0 Å². The molecule has 0 bridgehead atoms. The summed E-state index contributed by atoms with van der Waals surface area (Å²) in [6.07, 6.45) is 3.21. The quantitative estimate of drug-likeness (QED) is 0.872. The van der Waals surface area contributed by atoms with Crippen LogP contribution < -0.4 is 4.74 Å². The summed E-state index contributed by atoms with van der Waals surface area (Å²) in [4.78, 5) is 17.9. The molecule has 1 aliphatic heterocycles. The Morgan fingerprint density at radius 3 is 2.73 bits per heavy atom. The Kier molecular flexibility index (Phi) is 3.47. The maximum atomic E-state index is 14.1. The smallest absolute Gasteiger partial charge is 0.259 e. The maximum Gasteiger partial charge on any atom is 0.259 e. The molecule has 1 aliphatic rings. The van der Waals surface area contributed by atoms with Crippen LogP contribution in [0, 0.1) is 17.1 Å². The largest absolute Gasteiger partial charge is 0.496 e. The molecule has 0 aliphatic carbocycles. The number of ether oxygens (including phenoxy) is 1. The van der Waals surface area contributed by atoms with E-state index in [1.54, 1.807) is 24.5 Å². The molecule has 110 valence electrons. The van der Waals surface area contributed by atoms with E-state index in [0.717, 1.165) is 5.56 Å². The highest BCUT2D eigenvalue weighted by Gasteiger charge is 2.41. The van der Waals surface area contributed by atoms with E-state index in [0.29, 0.717) is 0 Å². The average molecular weight is 297 g/mol. The van der Waals surface area contributed by atoms with Gasteiger partial charge in [-0.15, -0.1) is 0 Å². The predicted molar refractivity (Wildman–Crippen MR) is 75.4 cm³/mol. The summed E-state index contributed by atoms with van der Waals surface area (Å²) in [6.45, 7) is 0.205. The van der Waals surface area contributed by atoms with E-state index in [2.05, 4.69) is 4.98 Å². The Bertz CT molecular complexity index is 771. The second kappa shape index (κ2) is 5.45. The highest BCUT2D eigenvalue weighted by molar-refractivity contribution is 6.02. The Hall–Kier alpha value is -2.94. The summed E-state index contributed by atoms with van der Waals surface area (Å²) in [7, 11) is 1.41. The first-order chi connectivity index (χ1) is 10.7. The fraction of sp³-hybridized carbons (Fsp3) is 0.188. The molecular weight excluding hydrogens is 285 g/mol. The number of amides is 1. The Balaban J connectivity index is 2.07. The van der Waals surface area contributed by atoms with Gasteiger partial charge < -0.3 is 9.64 Å². The van der Waals surface area contributed by atoms with Gasteiger partial charge in [0.1, 0.15) is 17.6 Å². The minimum atomic E-state index is -0.967. The van der Waals surface area contributed by atoms with Crippen LogP contribution in [0.15, 0.2) is 36.7 Å². The van der Waals surface area contributed by atoms with E-state index in [-0.39, 0.29) is 23.4 Å². The molecular formula is C16H12FN3O2. The summed E-state index contributed by atoms with van der Waals surface area (Å²) >= 11 is 0. The van der Waals surface area contributed by atoms with Crippen molar-refractivity contribution in [3.05, 3.63) is 59.2 Å². The van der Waals surface area contributed by atoms with Gasteiger partial charge in [-0.05, 0) is 29.8 Å². The van der Waals surface area contributed by atoms with Crippen molar-refractivity contribution in [2.75, 3.05) is 7.11 Å². The predicted octanol–water partition coefficient (Wildman–Crippen LogP) is 2.45. The van der Waals surface area contributed by atoms with Crippen LogP contribution >= 0.6 is 0 Å². The van der Waals surface area contributed by atoms with Crippen LogP contribution in [0.3, 0.4) is 0 Å². The van der Waals surface area contributed by atoms with Gasteiger partial charge in [-0.1, -0.05) is 0 Å². The molecule has 2 aromatic rings. The zero-order valence-electron chi connectivity index (χ0n) is 11.8. The number of carbonyl (C=O) groups is 1. The molecule has 0 fully saturated rings. The number of nitrogens with zero attached hydrogens (tertiary/aromatic N) is 3. The number of hydrogen-bond donors (Lipinski definition) is 0. The monoisotopic (exact) mass is 297 g/mol. The molecule has 1 unspecified atom stereocenters. The van der Waals surface area contributed by atoms with Gasteiger partial charge in [0.25, 0.3) is 5.91 Å². The standard InChI is InChI=1S/C16H12FN3O2/c1-22-13-3-2-11(17)14-12(8-18)20(16(21)15(13)14)9-10-4-6-19-7-5-10/h2-7,12H,9H2,1H3. The second-order valence-electron chi connectivity index (χ2n) is 4.86. The number of methoxy groups -OCH3 is 1. The van der Waals surface area contributed by atoms with Gasteiger partial charge in [0.2, 0.25) is 0 Å². The first kappa shape index (κ1) is 14.0. The van der Waals surface area contributed by atoms with Gasteiger partial charge >= 0.3 is 0 Å². The van der Waals surface area contributed by atoms with Crippen molar-refractivity contribution in [2.45, 2.75) is 12.6 Å². The number of fused-ring (bicyclic) bond motifs is 1. The first-order valence-electron chi connectivity index (χ1n) is 6.63. The minimum Gasteiger partial charge on any atom is -0.496 e. The van der Waals surface area contributed by atoms with Crippen molar-refractivity contribution in [3.8, 4) is 11.8 Å². The summed E-state index contributed by atoms with van der Waals surface area (Å²) < 4.78 is 19.3. The highest BCUT2D eigenvalue weighted by atomic mass is 19.1. The normalized spacial score (nSPS) is 16.3. The van der Waals surface area contributed by atoms with Crippen molar-refractivity contribution in [3.63, 3.8) is 0 Å². The molecule has 1 amide bonds. The van der Waals surface area contributed by atoms with Gasteiger partial charge in [-0.25, -0.2) is 4.39 Å². The summed E-state index contributed by atoms with van der Waals surface area (Å²) in [6, 6.07) is 7.15. The van der Waals surface area contributed by atoms with Crippen LogP contribution in [-0.2, 0) is 6.54 Å². The molecule has 1 aromatic heterocycles. The number of halogens is 1. The molecule has 0 saturated heterocycles. The van der Waals surface area contributed by atoms with Crippen LogP contribution in [-0.4, -0.2) is 22.9 Å². The third-order valence-corrected chi connectivity index (χ3v) is 3.66. The Morgan fingerprint density at radius 2 is 2.09 bits per heavy atom. The van der Waals surface area contributed by atoms with Gasteiger partial charge in [0, 0.05) is 24.5 Å². The first-order valence-corrected chi connectivity index (χ1v) is 6.63.